The molecule has 0 atom stereocenters. The van der Waals surface area contributed by atoms with Crippen LogP contribution in [0.25, 0.3) is 0 Å². The first-order valence-electron chi connectivity index (χ1n) is 8.72. The Morgan fingerprint density at radius 2 is 1.61 bits per heavy atom. The molecule has 0 aliphatic rings. The van der Waals surface area contributed by atoms with E-state index in [0.29, 0.717) is 6.61 Å². The lowest BCUT2D eigenvalue weighted by Gasteiger charge is -2.09. The van der Waals surface area contributed by atoms with Crippen molar-refractivity contribution >= 4 is 11.6 Å². The molecule has 0 saturated carbocycles. The summed E-state index contributed by atoms with van der Waals surface area (Å²) in [6.07, 6.45) is 7.20. The minimum atomic E-state index is 0.700. The summed E-state index contributed by atoms with van der Waals surface area (Å²) in [5, 5.41) is 0.858. The maximum absolute atomic E-state index is 6.39. The van der Waals surface area contributed by atoms with Gasteiger partial charge in [0.1, 0.15) is 5.75 Å². The molecule has 2 aromatic carbocycles. The molecule has 0 amide bonds. The number of benzene rings is 2. The lowest BCUT2D eigenvalue weighted by molar-refractivity contribution is 0.340. The molecule has 0 bridgehead atoms. The zero-order chi connectivity index (χ0) is 16.5. The lowest BCUT2D eigenvalue weighted by Crippen LogP contribution is -1.95. The first kappa shape index (κ1) is 17.9. The zero-order valence-electron chi connectivity index (χ0n) is 14.3. The molecular formula is C21H27ClO. The highest BCUT2D eigenvalue weighted by Crippen LogP contribution is 2.23. The molecule has 0 aromatic heterocycles. The standard InChI is InChI=1S/C21H27ClO/c1-3-5-6-7-8-17-11-14-21(22)19(15-17)16-18-9-12-20(13-10-18)23-4-2/h9-15H,3-8,16H2,1-2H3. The third-order valence-corrected chi connectivity index (χ3v) is 4.43. The van der Waals surface area contributed by atoms with Gasteiger partial charge in [0.05, 0.1) is 6.61 Å². The van der Waals surface area contributed by atoms with Crippen LogP contribution in [0, 0.1) is 0 Å². The van der Waals surface area contributed by atoms with Crippen molar-refractivity contribution in [3.05, 3.63) is 64.2 Å². The summed E-state index contributed by atoms with van der Waals surface area (Å²) in [6, 6.07) is 14.8. The average Bonchev–Trinajstić information content (AvgIpc) is 2.56. The maximum Gasteiger partial charge on any atom is 0.119 e. The summed E-state index contributed by atoms with van der Waals surface area (Å²) < 4.78 is 5.49. The second-order valence-corrected chi connectivity index (χ2v) is 6.40. The molecule has 0 spiro atoms. The van der Waals surface area contributed by atoms with Crippen LogP contribution in [-0.2, 0) is 12.8 Å². The van der Waals surface area contributed by atoms with Crippen molar-refractivity contribution in [2.75, 3.05) is 6.61 Å². The van der Waals surface area contributed by atoms with Gasteiger partial charge >= 0.3 is 0 Å². The number of hydrogen-bond donors (Lipinski definition) is 0. The first-order chi connectivity index (χ1) is 11.2. The molecule has 0 aliphatic carbocycles. The Labute approximate surface area is 145 Å². The minimum absolute atomic E-state index is 0.700. The van der Waals surface area contributed by atoms with E-state index < -0.39 is 0 Å². The van der Waals surface area contributed by atoms with Crippen LogP contribution < -0.4 is 4.74 Å². The van der Waals surface area contributed by atoms with E-state index in [9.17, 15) is 0 Å². The summed E-state index contributed by atoms with van der Waals surface area (Å²) in [5.74, 6) is 0.923. The fraction of sp³-hybridized carbons (Fsp3) is 0.429. The van der Waals surface area contributed by atoms with E-state index in [1.54, 1.807) is 0 Å². The van der Waals surface area contributed by atoms with E-state index in [4.69, 9.17) is 16.3 Å². The molecule has 1 nitrogen and oxygen atoms in total. The molecule has 0 fully saturated rings. The van der Waals surface area contributed by atoms with Gasteiger partial charge in [-0.15, -0.1) is 0 Å². The molecule has 124 valence electrons. The Balaban J connectivity index is 2.00. The molecule has 0 radical (unpaired) electrons. The van der Waals surface area contributed by atoms with Crippen LogP contribution >= 0.6 is 11.6 Å². The average molecular weight is 331 g/mol. The zero-order valence-corrected chi connectivity index (χ0v) is 15.0. The van der Waals surface area contributed by atoms with Crippen LogP contribution in [0.15, 0.2) is 42.5 Å². The molecular weight excluding hydrogens is 304 g/mol. The molecule has 23 heavy (non-hydrogen) atoms. The molecule has 0 aliphatic heterocycles. The van der Waals surface area contributed by atoms with Crippen LogP contribution in [0.3, 0.4) is 0 Å². The molecule has 2 rings (SSSR count). The number of unbranched alkanes of at least 4 members (excludes halogenated alkanes) is 3. The smallest absolute Gasteiger partial charge is 0.119 e. The number of hydrogen-bond acceptors (Lipinski definition) is 1. The van der Waals surface area contributed by atoms with E-state index in [0.717, 1.165) is 23.6 Å². The molecule has 2 aromatic rings. The monoisotopic (exact) mass is 330 g/mol. The van der Waals surface area contributed by atoms with Crippen LogP contribution in [0.4, 0.5) is 0 Å². The summed E-state index contributed by atoms with van der Waals surface area (Å²) >= 11 is 6.39. The highest BCUT2D eigenvalue weighted by molar-refractivity contribution is 6.31. The Bertz CT molecular complexity index is 589. The Morgan fingerprint density at radius 3 is 2.30 bits per heavy atom. The Kier molecular flexibility index (Phi) is 7.48. The quantitative estimate of drug-likeness (QED) is 0.480. The molecule has 2 heteroatoms. The van der Waals surface area contributed by atoms with Crippen molar-refractivity contribution in [3.63, 3.8) is 0 Å². The fourth-order valence-electron chi connectivity index (χ4n) is 2.77. The van der Waals surface area contributed by atoms with Crippen molar-refractivity contribution in [3.8, 4) is 5.75 Å². The van der Waals surface area contributed by atoms with Crippen LogP contribution in [-0.4, -0.2) is 6.61 Å². The summed E-state index contributed by atoms with van der Waals surface area (Å²) in [7, 11) is 0. The SMILES string of the molecule is CCCCCCc1ccc(Cl)c(Cc2ccc(OCC)cc2)c1. The summed E-state index contributed by atoms with van der Waals surface area (Å²) in [4.78, 5) is 0. The van der Waals surface area contributed by atoms with E-state index >= 15 is 0 Å². The number of halogens is 1. The highest BCUT2D eigenvalue weighted by atomic mass is 35.5. The van der Waals surface area contributed by atoms with Crippen molar-refractivity contribution < 1.29 is 4.74 Å². The van der Waals surface area contributed by atoms with Gasteiger partial charge in [0.25, 0.3) is 0 Å². The Hall–Kier alpha value is -1.47. The van der Waals surface area contributed by atoms with Gasteiger partial charge in [0, 0.05) is 5.02 Å². The lowest BCUT2D eigenvalue weighted by atomic mass is 10.00. The topological polar surface area (TPSA) is 9.23 Å². The van der Waals surface area contributed by atoms with Gasteiger partial charge in [-0.1, -0.05) is 62.1 Å². The molecule has 0 unspecified atom stereocenters. The van der Waals surface area contributed by atoms with Gasteiger partial charge in [-0.05, 0) is 61.1 Å². The van der Waals surface area contributed by atoms with Crippen molar-refractivity contribution in [2.45, 2.75) is 52.4 Å². The van der Waals surface area contributed by atoms with E-state index in [1.165, 1.54) is 42.4 Å². The van der Waals surface area contributed by atoms with Crippen molar-refractivity contribution in [1.82, 2.24) is 0 Å². The first-order valence-corrected chi connectivity index (χ1v) is 9.09. The van der Waals surface area contributed by atoms with Crippen LogP contribution in [0.5, 0.6) is 5.75 Å². The van der Waals surface area contributed by atoms with Gasteiger partial charge in [-0.25, -0.2) is 0 Å². The predicted molar refractivity (Wildman–Crippen MR) is 99.7 cm³/mol. The third kappa shape index (κ3) is 5.91. The number of rotatable bonds is 9. The second-order valence-electron chi connectivity index (χ2n) is 5.99. The summed E-state index contributed by atoms with van der Waals surface area (Å²) in [5.41, 5.74) is 3.87. The number of ether oxygens (including phenoxy) is 1. The second kappa shape index (κ2) is 9.62. The van der Waals surface area contributed by atoms with E-state index in [1.807, 2.05) is 25.1 Å². The van der Waals surface area contributed by atoms with Gasteiger partial charge in [-0.3, -0.25) is 0 Å². The third-order valence-electron chi connectivity index (χ3n) is 4.06. The van der Waals surface area contributed by atoms with Crippen LogP contribution in [0.1, 0.15) is 56.2 Å². The van der Waals surface area contributed by atoms with Crippen LogP contribution in [0.2, 0.25) is 5.02 Å². The summed E-state index contributed by atoms with van der Waals surface area (Å²) in [6.45, 7) is 4.95. The Morgan fingerprint density at radius 1 is 0.870 bits per heavy atom. The van der Waals surface area contributed by atoms with Gasteiger partial charge in [0.15, 0.2) is 0 Å². The van der Waals surface area contributed by atoms with E-state index in [2.05, 4.69) is 31.2 Å². The van der Waals surface area contributed by atoms with Gasteiger partial charge < -0.3 is 4.74 Å². The highest BCUT2D eigenvalue weighted by Gasteiger charge is 2.05. The predicted octanol–water partition coefficient (Wildman–Crippen LogP) is 6.45. The molecule has 0 N–H and O–H groups in total. The molecule has 0 heterocycles. The van der Waals surface area contributed by atoms with Crippen molar-refractivity contribution in [2.24, 2.45) is 0 Å². The largest absolute Gasteiger partial charge is 0.494 e. The maximum atomic E-state index is 6.39. The minimum Gasteiger partial charge on any atom is -0.494 e. The van der Waals surface area contributed by atoms with Gasteiger partial charge in [0.2, 0.25) is 0 Å². The van der Waals surface area contributed by atoms with E-state index in [-0.39, 0.29) is 0 Å². The van der Waals surface area contributed by atoms with Crippen molar-refractivity contribution in [1.29, 1.82) is 0 Å². The normalized spacial score (nSPS) is 10.7. The van der Waals surface area contributed by atoms with Gasteiger partial charge in [-0.2, -0.15) is 0 Å². The fourth-order valence-corrected chi connectivity index (χ4v) is 2.95. The molecule has 0 saturated heterocycles. The number of aryl methyl sites for hydroxylation is 1.